The van der Waals surface area contributed by atoms with Crippen LogP contribution in [0.2, 0.25) is 0 Å². The van der Waals surface area contributed by atoms with Crippen LogP contribution in [0.1, 0.15) is 13.8 Å². The first-order chi connectivity index (χ1) is 2.56. The van der Waals surface area contributed by atoms with Crippen molar-refractivity contribution in [2.45, 2.75) is 18.3 Å². The second-order valence-corrected chi connectivity index (χ2v) is 3.70. The Kier molecular flexibility index (Phi) is 2.08. The molecule has 0 rings (SSSR count). The van der Waals surface area contributed by atoms with Crippen molar-refractivity contribution in [1.82, 2.24) is 5.32 Å². The van der Waals surface area contributed by atoms with Crippen molar-refractivity contribution in [3.63, 3.8) is 0 Å². The summed E-state index contributed by atoms with van der Waals surface area (Å²) in [6.45, 7) is 4.10. The fourth-order valence-corrected chi connectivity index (χ4v) is 0. The van der Waals surface area contributed by atoms with Crippen LogP contribution in [0.5, 0.6) is 0 Å². The van der Waals surface area contributed by atoms with Gasteiger partial charge in [0, 0.05) is 0 Å². The Balaban J connectivity index is 3.17. The van der Waals surface area contributed by atoms with E-state index in [0.717, 1.165) is 0 Å². The Morgan fingerprint density at radius 2 is 1.67 bits per heavy atom. The molecule has 6 heavy (non-hydrogen) atoms. The monoisotopic (exact) mass is 151 g/mol. The van der Waals surface area contributed by atoms with Gasteiger partial charge in [0.15, 0.2) is 0 Å². The van der Waals surface area contributed by atoms with Crippen molar-refractivity contribution in [2.24, 2.45) is 0 Å². The molecule has 0 saturated heterocycles. The molecule has 2 heteroatoms. The highest BCUT2D eigenvalue weighted by Gasteiger charge is 2.04. The van der Waals surface area contributed by atoms with Crippen LogP contribution in [0.3, 0.4) is 0 Å². The third-order valence-corrected chi connectivity index (χ3v) is 0.991. The van der Waals surface area contributed by atoms with Crippen LogP contribution in [-0.4, -0.2) is 11.5 Å². The highest BCUT2D eigenvalue weighted by molar-refractivity contribution is 9.10. The smallest absolute Gasteiger partial charge is 0.0682 e. The normalized spacial score (nSPS) is 12.0. The topological polar surface area (TPSA) is 12.0 Å². The first kappa shape index (κ1) is 6.44. The maximum atomic E-state index is 3.37. The highest BCUT2D eigenvalue weighted by Crippen LogP contribution is 2.08. The molecule has 0 aliphatic carbocycles. The third kappa shape index (κ3) is 4.44. The molecule has 0 aliphatic heterocycles. The van der Waals surface area contributed by atoms with Crippen molar-refractivity contribution in [3.05, 3.63) is 0 Å². The molecule has 0 unspecified atom stereocenters. The van der Waals surface area contributed by atoms with Crippen molar-refractivity contribution in [1.29, 1.82) is 0 Å². The van der Waals surface area contributed by atoms with Gasteiger partial charge in [0.1, 0.15) is 0 Å². The lowest BCUT2D eigenvalue weighted by molar-refractivity contribution is 0.623. The van der Waals surface area contributed by atoms with Crippen LogP contribution in [0.4, 0.5) is 0 Å². The minimum absolute atomic E-state index is 0.104. The van der Waals surface area contributed by atoms with E-state index >= 15 is 0 Å². The van der Waals surface area contributed by atoms with Gasteiger partial charge in [-0.2, -0.15) is 0 Å². The van der Waals surface area contributed by atoms with Crippen LogP contribution in [-0.2, 0) is 0 Å². The molecule has 0 heterocycles. The largest absolute Gasteiger partial charge is 0.306 e. The summed E-state index contributed by atoms with van der Waals surface area (Å²) in [6.07, 6.45) is 0. The average Bonchev–Trinajstić information content (AvgIpc) is 1.35. The fourth-order valence-electron chi connectivity index (χ4n) is 0. The standard InChI is InChI=1S/C4H10BrN/c1-4(2,5)6-3/h6H,1-3H3. The Morgan fingerprint density at radius 1 is 1.50 bits per heavy atom. The summed E-state index contributed by atoms with van der Waals surface area (Å²) in [6, 6.07) is 0. The van der Waals surface area contributed by atoms with Gasteiger partial charge < -0.3 is 5.32 Å². The lowest BCUT2D eigenvalue weighted by atomic mass is 10.4. The van der Waals surface area contributed by atoms with E-state index < -0.39 is 0 Å². The van der Waals surface area contributed by atoms with Gasteiger partial charge in [0.2, 0.25) is 0 Å². The van der Waals surface area contributed by atoms with Crippen molar-refractivity contribution >= 4 is 15.9 Å². The molecule has 1 N–H and O–H groups in total. The second kappa shape index (κ2) is 1.94. The molecule has 1 nitrogen and oxygen atoms in total. The van der Waals surface area contributed by atoms with Crippen LogP contribution in [0.25, 0.3) is 0 Å². The summed E-state index contributed by atoms with van der Waals surface area (Å²) in [5.41, 5.74) is 0. The molecular formula is C4H10BrN. The van der Waals surface area contributed by atoms with E-state index in [1.54, 1.807) is 0 Å². The number of halogens is 1. The van der Waals surface area contributed by atoms with Gasteiger partial charge in [-0.05, 0) is 20.9 Å². The minimum Gasteiger partial charge on any atom is -0.306 e. The molecule has 38 valence electrons. The van der Waals surface area contributed by atoms with Gasteiger partial charge in [0.05, 0.1) is 4.45 Å². The van der Waals surface area contributed by atoms with E-state index in [9.17, 15) is 0 Å². The molecule has 0 fully saturated rings. The zero-order chi connectivity index (χ0) is 5.21. The molecule has 0 amide bonds. The van der Waals surface area contributed by atoms with Crippen LogP contribution in [0, 0.1) is 0 Å². The summed E-state index contributed by atoms with van der Waals surface area (Å²) >= 11 is 3.37. The van der Waals surface area contributed by atoms with Crippen LogP contribution >= 0.6 is 15.9 Å². The molecule has 0 aromatic carbocycles. The number of hydrogen-bond donors (Lipinski definition) is 1. The maximum absolute atomic E-state index is 3.37. The molecule has 0 saturated carbocycles. The van der Waals surface area contributed by atoms with Gasteiger partial charge in [0.25, 0.3) is 0 Å². The number of rotatable bonds is 1. The minimum atomic E-state index is 0.104. The first-order valence-corrected chi connectivity index (χ1v) is 2.73. The van der Waals surface area contributed by atoms with Gasteiger partial charge in [-0.25, -0.2) is 0 Å². The van der Waals surface area contributed by atoms with E-state index in [-0.39, 0.29) is 4.45 Å². The summed E-state index contributed by atoms with van der Waals surface area (Å²) < 4.78 is 0.104. The van der Waals surface area contributed by atoms with E-state index in [0.29, 0.717) is 0 Å². The summed E-state index contributed by atoms with van der Waals surface area (Å²) in [5.74, 6) is 0. The highest BCUT2D eigenvalue weighted by atomic mass is 79.9. The zero-order valence-corrected chi connectivity index (χ0v) is 5.96. The van der Waals surface area contributed by atoms with Crippen molar-refractivity contribution < 1.29 is 0 Å². The summed E-state index contributed by atoms with van der Waals surface area (Å²) in [4.78, 5) is 0. The Bertz CT molecular complexity index is 37.3. The number of hydrogen-bond acceptors (Lipinski definition) is 1. The molecule has 0 bridgehead atoms. The van der Waals surface area contributed by atoms with E-state index in [4.69, 9.17) is 0 Å². The number of nitrogens with one attached hydrogen (secondary N) is 1. The molecule has 0 radical (unpaired) electrons. The second-order valence-electron chi connectivity index (χ2n) is 1.72. The van der Waals surface area contributed by atoms with E-state index in [1.807, 2.05) is 20.9 Å². The quantitative estimate of drug-likeness (QED) is 0.441. The van der Waals surface area contributed by atoms with Gasteiger partial charge in [-0.3, -0.25) is 0 Å². The van der Waals surface area contributed by atoms with Gasteiger partial charge in [-0.15, -0.1) is 0 Å². The molecule has 0 atom stereocenters. The maximum Gasteiger partial charge on any atom is 0.0682 e. The Morgan fingerprint density at radius 3 is 1.67 bits per heavy atom. The average molecular weight is 152 g/mol. The summed E-state index contributed by atoms with van der Waals surface area (Å²) in [5, 5.41) is 3.02. The van der Waals surface area contributed by atoms with Gasteiger partial charge >= 0.3 is 0 Å². The Hall–Kier alpha value is 0.440. The predicted molar refractivity (Wildman–Crippen MR) is 32.1 cm³/mol. The first-order valence-electron chi connectivity index (χ1n) is 1.94. The van der Waals surface area contributed by atoms with E-state index in [1.165, 1.54) is 0 Å². The van der Waals surface area contributed by atoms with Crippen molar-refractivity contribution in [3.8, 4) is 0 Å². The molecule has 0 spiro atoms. The zero-order valence-electron chi connectivity index (χ0n) is 4.38. The predicted octanol–water partition coefficient (Wildman–Crippen LogP) is 1.34. The van der Waals surface area contributed by atoms with Crippen LogP contribution < -0.4 is 5.32 Å². The lowest BCUT2D eigenvalue weighted by Crippen LogP contribution is -2.27. The lowest BCUT2D eigenvalue weighted by Gasteiger charge is -2.12. The molecule has 0 aromatic heterocycles. The Labute approximate surface area is 47.3 Å². The molecular weight excluding hydrogens is 142 g/mol. The SMILES string of the molecule is CNC(C)(C)Br. The third-order valence-electron chi connectivity index (χ3n) is 0.594. The van der Waals surface area contributed by atoms with E-state index in [2.05, 4.69) is 21.2 Å². The van der Waals surface area contributed by atoms with Crippen molar-refractivity contribution in [2.75, 3.05) is 7.05 Å². The molecule has 0 aromatic rings. The summed E-state index contributed by atoms with van der Waals surface area (Å²) in [7, 11) is 1.91. The fraction of sp³-hybridized carbons (Fsp3) is 1.00. The number of alkyl halides is 1. The van der Waals surface area contributed by atoms with Crippen LogP contribution in [0.15, 0.2) is 0 Å². The van der Waals surface area contributed by atoms with Gasteiger partial charge in [-0.1, -0.05) is 15.9 Å². The molecule has 0 aliphatic rings.